The molecular formula is C21H31N5O6S. The Labute approximate surface area is 194 Å². The van der Waals surface area contributed by atoms with Gasteiger partial charge in [0, 0.05) is 51.0 Å². The number of fused-ring (bicyclic) bond motifs is 1. The van der Waals surface area contributed by atoms with Crippen LogP contribution >= 0.6 is 0 Å². The van der Waals surface area contributed by atoms with Gasteiger partial charge in [0.2, 0.25) is 5.91 Å². The molecule has 182 valence electrons. The highest BCUT2D eigenvalue weighted by Gasteiger charge is 2.33. The van der Waals surface area contributed by atoms with E-state index in [4.69, 9.17) is 9.47 Å². The number of amides is 3. The fourth-order valence-corrected chi connectivity index (χ4v) is 5.88. The van der Waals surface area contributed by atoms with E-state index in [1.165, 1.54) is 4.31 Å². The number of nitrogens with one attached hydrogen (secondary N) is 2. The molecule has 0 spiro atoms. The lowest BCUT2D eigenvalue weighted by Gasteiger charge is -2.36. The summed E-state index contributed by atoms with van der Waals surface area (Å²) in [5, 5.41) is 4.92. The van der Waals surface area contributed by atoms with E-state index in [1.807, 2.05) is 4.90 Å². The Bertz CT molecular complexity index is 956. The zero-order valence-electron chi connectivity index (χ0n) is 18.6. The second-order valence-corrected chi connectivity index (χ2v) is 10.3. The third kappa shape index (κ3) is 6.14. The molecule has 1 aromatic carbocycles. The minimum absolute atomic E-state index is 0.0200. The fraction of sp³-hybridized carbons (Fsp3) is 0.619. The number of anilines is 1. The molecule has 0 saturated carbocycles. The molecule has 3 amide bonds. The van der Waals surface area contributed by atoms with Crippen molar-refractivity contribution in [3.63, 3.8) is 0 Å². The van der Waals surface area contributed by atoms with Crippen LogP contribution in [0.1, 0.15) is 25.7 Å². The van der Waals surface area contributed by atoms with Gasteiger partial charge in [-0.15, -0.1) is 0 Å². The summed E-state index contributed by atoms with van der Waals surface area (Å²) >= 11 is 0. The first kappa shape index (κ1) is 23.7. The molecular weight excluding hydrogens is 450 g/mol. The first-order valence-electron chi connectivity index (χ1n) is 11.4. The Morgan fingerprint density at radius 1 is 0.848 bits per heavy atom. The molecule has 0 bridgehead atoms. The Balaban J connectivity index is 1.21. The lowest BCUT2D eigenvalue weighted by atomic mass is 10.2. The summed E-state index contributed by atoms with van der Waals surface area (Å²) in [5.74, 6) is 0.701. The predicted molar refractivity (Wildman–Crippen MR) is 122 cm³/mol. The average Bonchev–Trinajstić information content (AvgIpc) is 3.09. The SMILES string of the molecule is O=C(CN1CCN(S(=O)(=O)N2CCCCCC2)CC1)NC(=O)Nc1ccc2c(c1)OCCO2. The number of piperazine rings is 1. The normalized spacial score (nSPS) is 20.6. The number of nitrogens with zero attached hydrogens (tertiary/aromatic N) is 3. The van der Waals surface area contributed by atoms with Crippen molar-refractivity contribution in [3.8, 4) is 11.5 Å². The highest BCUT2D eigenvalue weighted by atomic mass is 32.2. The maximum Gasteiger partial charge on any atom is 0.325 e. The van der Waals surface area contributed by atoms with Crippen LogP contribution in [0.4, 0.5) is 10.5 Å². The number of hydrogen-bond acceptors (Lipinski definition) is 7. The summed E-state index contributed by atoms with van der Waals surface area (Å²) < 4.78 is 39.8. The standard InChI is InChI=1S/C21H31N5O6S/c27-20(23-21(28)22-17-5-6-18-19(15-17)32-14-13-31-18)16-24-9-11-26(12-10-24)33(29,30)25-7-3-1-2-4-8-25/h5-6,15H,1-4,7-14,16H2,(H2,22,23,27,28). The van der Waals surface area contributed by atoms with E-state index in [0.29, 0.717) is 69.7 Å². The molecule has 2 N–H and O–H groups in total. The molecule has 4 rings (SSSR count). The minimum Gasteiger partial charge on any atom is -0.486 e. The molecule has 2 saturated heterocycles. The van der Waals surface area contributed by atoms with Gasteiger partial charge in [0.05, 0.1) is 6.54 Å². The number of ether oxygens (including phenoxy) is 2. The Morgan fingerprint density at radius 2 is 1.48 bits per heavy atom. The van der Waals surface area contributed by atoms with E-state index in [2.05, 4.69) is 10.6 Å². The highest BCUT2D eigenvalue weighted by molar-refractivity contribution is 7.86. The van der Waals surface area contributed by atoms with Crippen LogP contribution in [0.2, 0.25) is 0 Å². The third-order valence-electron chi connectivity index (χ3n) is 5.97. The average molecular weight is 482 g/mol. The van der Waals surface area contributed by atoms with E-state index < -0.39 is 22.1 Å². The largest absolute Gasteiger partial charge is 0.486 e. The third-order valence-corrected chi connectivity index (χ3v) is 8.00. The number of imide groups is 1. The molecule has 0 radical (unpaired) electrons. The molecule has 0 aromatic heterocycles. The quantitative estimate of drug-likeness (QED) is 0.640. The minimum atomic E-state index is -3.46. The number of carbonyl (C=O) groups excluding carboxylic acids is 2. The van der Waals surface area contributed by atoms with Gasteiger partial charge in [-0.05, 0) is 25.0 Å². The van der Waals surface area contributed by atoms with E-state index in [9.17, 15) is 18.0 Å². The van der Waals surface area contributed by atoms with Crippen molar-refractivity contribution >= 4 is 27.8 Å². The molecule has 1 aromatic rings. The molecule has 12 heteroatoms. The Kier molecular flexibility index (Phi) is 7.68. The molecule has 33 heavy (non-hydrogen) atoms. The number of benzene rings is 1. The molecule has 2 fully saturated rings. The zero-order valence-corrected chi connectivity index (χ0v) is 19.4. The maximum absolute atomic E-state index is 12.9. The fourth-order valence-electron chi connectivity index (χ4n) is 4.21. The summed E-state index contributed by atoms with van der Waals surface area (Å²) in [6.07, 6.45) is 3.93. The molecule has 0 aliphatic carbocycles. The smallest absolute Gasteiger partial charge is 0.325 e. The van der Waals surface area contributed by atoms with Gasteiger partial charge in [-0.1, -0.05) is 12.8 Å². The monoisotopic (exact) mass is 481 g/mol. The Hall–Kier alpha value is -2.41. The van der Waals surface area contributed by atoms with Gasteiger partial charge in [0.25, 0.3) is 10.2 Å². The van der Waals surface area contributed by atoms with Crippen LogP contribution in [0.15, 0.2) is 18.2 Å². The summed E-state index contributed by atoms with van der Waals surface area (Å²) in [4.78, 5) is 26.4. The first-order valence-corrected chi connectivity index (χ1v) is 12.8. The topological polar surface area (TPSA) is 121 Å². The van der Waals surface area contributed by atoms with Crippen molar-refractivity contribution in [2.75, 3.05) is 64.3 Å². The van der Waals surface area contributed by atoms with Crippen LogP contribution in [-0.4, -0.2) is 92.9 Å². The van der Waals surface area contributed by atoms with Gasteiger partial charge in [-0.25, -0.2) is 4.79 Å². The van der Waals surface area contributed by atoms with Gasteiger partial charge in [0.1, 0.15) is 13.2 Å². The van der Waals surface area contributed by atoms with Crippen LogP contribution < -0.4 is 20.1 Å². The lowest BCUT2D eigenvalue weighted by molar-refractivity contribution is -0.121. The highest BCUT2D eigenvalue weighted by Crippen LogP contribution is 2.32. The molecule has 0 unspecified atom stereocenters. The zero-order chi connectivity index (χ0) is 23.3. The van der Waals surface area contributed by atoms with E-state index >= 15 is 0 Å². The van der Waals surface area contributed by atoms with Gasteiger partial charge >= 0.3 is 6.03 Å². The summed E-state index contributed by atoms with van der Waals surface area (Å²) in [6, 6.07) is 4.37. The van der Waals surface area contributed by atoms with E-state index in [-0.39, 0.29) is 6.54 Å². The first-order chi connectivity index (χ1) is 15.9. The maximum atomic E-state index is 12.9. The van der Waals surface area contributed by atoms with Crippen molar-refractivity contribution in [1.29, 1.82) is 0 Å². The second kappa shape index (κ2) is 10.7. The molecule has 11 nitrogen and oxygen atoms in total. The molecule has 0 atom stereocenters. The second-order valence-electron chi connectivity index (χ2n) is 8.36. The molecule has 3 heterocycles. The van der Waals surface area contributed by atoms with Gasteiger partial charge < -0.3 is 14.8 Å². The van der Waals surface area contributed by atoms with Crippen LogP contribution in [0.5, 0.6) is 11.5 Å². The van der Waals surface area contributed by atoms with Crippen LogP contribution in [0.3, 0.4) is 0 Å². The van der Waals surface area contributed by atoms with E-state index in [1.54, 1.807) is 22.5 Å². The number of rotatable bonds is 5. The molecule has 3 aliphatic rings. The summed E-state index contributed by atoms with van der Waals surface area (Å²) in [5.41, 5.74) is 0.483. The van der Waals surface area contributed by atoms with Crippen LogP contribution in [-0.2, 0) is 15.0 Å². The number of urea groups is 1. The summed E-state index contributed by atoms with van der Waals surface area (Å²) in [6.45, 7) is 3.61. The van der Waals surface area contributed by atoms with Crippen molar-refractivity contribution in [2.24, 2.45) is 0 Å². The molecule has 3 aliphatic heterocycles. The van der Waals surface area contributed by atoms with E-state index in [0.717, 1.165) is 25.7 Å². The van der Waals surface area contributed by atoms with Gasteiger partial charge in [-0.2, -0.15) is 17.0 Å². The Morgan fingerprint density at radius 3 is 2.18 bits per heavy atom. The van der Waals surface area contributed by atoms with Crippen molar-refractivity contribution in [2.45, 2.75) is 25.7 Å². The number of hydrogen-bond donors (Lipinski definition) is 2. The van der Waals surface area contributed by atoms with Crippen molar-refractivity contribution in [3.05, 3.63) is 18.2 Å². The lowest BCUT2D eigenvalue weighted by Crippen LogP contribution is -2.54. The van der Waals surface area contributed by atoms with Gasteiger partial charge in [-0.3, -0.25) is 15.0 Å². The number of carbonyl (C=O) groups is 2. The van der Waals surface area contributed by atoms with Crippen LogP contribution in [0.25, 0.3) is 0 Å². The van der Waals surface area contributed by atoms with Crippen molar-refractivity contribution in [1.82, 2.24) is 18.8 Å². The summed E-state index contributed by atoms with van der Waals surface area (Å²) in [7, 11) is -3.46. The predicted octanol–water partition coefficient (Wildman–Crippen LogP) is 0.844. The van der Waals surface area contributed by atoms with Gasteiger partial charge in [0.15, 0.2) is 11.5 Å². The van der Waals surface area contributed by atoms with Crippen LogP contribution in [0, 0.1) is 0 Å². The van der Waals surface area contributed by atoms with Crippen molar-refractivity contribution < 1.29 is 27.5 Å².